The van der Waals surface area contributed by atoms with Crippen LogP contribution < -0.4 is 10.1 Å². The van der Waals surface area contributed by atoms with Gasteiger partial charge in [-0.2, -0.15) is 0 Å². The zero-order valence-electron chi connectivity index (χ0n) is 33.5. The molecule has 0 aliphatic heterocycles. The third-order valence-corrected chi connectivity index (χ3v) is 13.5. The molecule has 1 fully saturated rings. The first-order valence-electron chi connectivity index (χ1n) is 21.0. The van der Waals surface area contributed by atoms with E-state index < -0.39 is 17.6 Å². The summed E-state index contributed by atoms with van der Waals surface area (Å²) in [4.78, 5) is 20.0. The lowest BCUT2D eigenvalue weighted by atomic mass is 9.59. The second-order valence-corrected chi connectivity index (χ2v) is 17.8. The zero-order chi connectivity index (χ0) is 39.3. The van der Waals surface area contributed by atoms with Gasteiger partial charge in [-0.3, -0.25) is 4.98 Å². The molecule has 8 heteroatoms. The van der Waals surface area contributed by atoms with Gasteiger partial charge in [-0.05, 0) is 160 Å². The van der Waals surface area contributed by atoms with Crippen LogP contribution in [-0.2, 0) is 29.5 Å². The molecule has 0 saturated heterocycles. The average Bonchev–Trinajstić information content (AvgIpc) is 3.48. The van der Waals surface area contributed by atoms with Crippen molar-refractivity contribution in [3.8, 4) is 5.75 Å². The Hall–Kier alpha value is -3.91. The molecule has 298 valence electrons. The number of fused-ring (bicyclic) bond motifs is 3. The van der Waals surface area contributed by atoms with Crippen molar-refractivity contribution in [3.63, 3.8) is 0 Å². The van der Waals surface area contributed by atoms with Crippen LogP contribution >= 0.6 is 11.6 Å². The number of hydrogen-bond acceptors (Lipinski definition) is 6. The third kappa shape index (κ3) is 8.96. The molecular formula is C48H60ClN3O4. The van der Waals surface area contributed by atoms with E-state index in [9.17, 15) is 15.0 Å². The van der Waals surface area contributed by atoms with E-state index in [2.05, 4.69) is 84.6 Å². The van der Waals surface area contributed by atoms with Crippen molar-refractivity contribution in [1.82, 2.24) is 9.88 Å². The summed E-state index contributed by atoms with van der Waals surface area (Å²) in [7, 11) is 2.10. The van der Waals surface area contributed by atoms with Gasteiger partial charge in [0.25, 0.3) is 0 Å². The van der Waals surface area contributed by atoms with Crippen LogP contribution in [0.3, 0.4) is 0 Å². The Morgan fingerprint density at radius 3 is 2.61 bits per heavy atom. The molecule has 1 spiro atoms. The predicted octanol–water partition coefficient (Wildman–Crippen LogP) is 10.2. The average molecular weight is 778 g/mol. The van der Waals surface area contributed by atoms with E-state index in [1.807, 2.05) is 24.4 Å². The number of rotatable bonds is 16. The van der Waals surface area contributed by atoms with Crippen LogP contribution in [0.25, 0.3) is 0 Å². The molecule has 7 nitrogen and oxygen atoms in total. The molecule has 0 amide bonds. The van der Waals surface area contributed by atoms with Crippen LogP contribution in [0.15, 0.2) is 85.1 Å². The van der Waals surface area contributed by atoms with E-state index in [1.54, 1.807) is 12.1 Å². The normalized spacial score (nSPS) is 24.0. The smallest absolute Gasteiger partial charge is 0.329 e. The Labute approximate surface area is 338 Å². The number of aliphatic hydroxyl groups excluding tert-OH is 1. The maximum atomic E-state index is 13.1. The number of nitrogens with one attached hydrogen (secondary N) is 1. The molecular weight excluding hydrogens is 718 g/mol. The van der Waals surface area contributed by atoms with E-state index >= 15 is 0 Å². The van der Waals surface area contributed by atoms with Gasteiger partial charge in [-0.1, -0.05) is 80.0 Å². The molecule has 4 atom stereocenters. The van der Waals surface area contributed by atoms with Gasteiger partial charge in [0.15, 0.2) is 0 Å². The summed E-state index contributed by atoms with van der Waals surface area (Å²) < 4.78 is 6.61. The standard InChI is InChI=1S/C48H60ClN3O4/c1-33(32-56-44-20-25-50-42-17-9-11-34(2)45(42)44)27-38-28-36-18-19-37(43(53)31-52(3)26-8-7-14-35-12-5-4-6-13-35)29-41(36)47(38)21-23-48(24-22-47,46(54)55)51-40-16-10-15-39(49)30-40/h4-6,10,12-13,15-16,18-20,25,29-30,33-34,38,43,51,53H,7-9,11,14,17,21-24,26-28,31-32H2,1-3H3,(H,54,55)/t33-,34-,38?,43?,47?,48?/m1/s1. The molecule has 56 heavy (non-hydrogen) atoms. The minimum atomic E-state index is -1.09. The number of ether oxygens (including phenoxy) is 1. The lowest BCUT2D eigenvalue weighted by Crippen LogP contribution is -2.53. The molecule has 1 heterocycles. The van der Waals surface area contributed by atoms with Crippen molar-refractivity contribution in [2.45, 2.75) is 114 Å². The van der Waals surface area contributed by atoms with Gasteiger partial charge < -0.3 is 25.2 Å². The van der Waals surface area contributed by atoms with E-state index in [0.29, 0.717) is 48.8 Å². The number of aliphatic hydroxyl groups is 1. The molecule has 7 rings (SSSR count). The van der Waals surface area contributed by atoms with Crippen molar-refractivity contribution in [3.05, 3.63) is 124 Å². The largest absolute Gasteiger partial charge is 0.493 e. The summed E-state index contributed by atoms with van der Waals surface area (Å²) in [5.41, 5.74) is 6.86. The van der Waals surface area contributed by atoms with Crippen LogP contribution in [0.5, 0.6) is 5.75 Å². The number of aromatic nitrogens is 1. The van der Waals surface area contributed by atoms with Crippen LogP contribution in [-0.4, -0.2) is 58.3 Å². The molecule has 3 aromatic carbocycles. The molecule has 3 N–H and O–H groups in total. The van der Waals surface area contributed by atoms with Crippen molar-refractivity contribution in [2.24, 2.45) is 11.8 Å². The van der Waals surface area contributed by atoms with Crippen molar-refractivity contribution >= 4 is 23.3 Å². The topological polar surface area (TPSA) is 94.9 Å². The fourth-order valence-corrected chi connectivity index (χ4v) is 10.4. The van der Waals surface area contributed by atoms with Gasteiger partial charge in [-0.25, -0.2) is 4.79 Å². The minimum absolute atomic E-state index is 0.192. The first kappa shape index (κ1) is 40.3. The number of anilines is 1. The maximum absolute atomic E-state index is 13.1. The first-order chi connectivity index (χ1) is 27.0. The lowest BCUT2D eigenvalue weighted by molar-refractivity contribution is -0.144. The Morgan fingerprint density at radius 2 is 1.84 bits per heavy atom. The number of unbranched alkanes of at least 4 members (excludes halogenated alkanes) is 1. The summed E-state index contributed by atoms with van der Waals surface area (Å²) in [6.07, 6.45) is 12.3. The highest BCUT2D eigenvalue weighted by atomic mass is 35.5. The Balaban J connectivity index is 1.08. The Morgan fingerprint density at radius 1 is 1.04 bits per heavy atom. The molecule has 3 aliphatic carbocycles. The molecule has 4 aromatic rings. The van der Waals surface area contributed by atoms with Crippen molar-refractivity contribution in [2.75, 3.05) is 32.1 Å². The van der Waals surface area contributed by atoms with Crippen LogP contribution in [0.1, 0.15) is 117 Å². The van der Waals surface area contributed by atoms with Gasteiger partial charge in [-0.15, -0.1) is 0 Å². The van der Waals surface area contributed by atoms with E-state index in [4.69, 9.17) is 16.3 Å². The highest BCUT2D eigenvalue weighted by molar-refractivity contribution is 6.30. The summed E-state index contributed by atoms with van der Waals surface area (Å²) in [6, 6.07) is 26.7. The predicted molar refractivity (Wildman–Crippen MR) is 226 cm³/mol. The van der Waals surface area contributed by atoms with E-state index in [1.165, 1.54) is 40.8 Å². The number of hydrogen-bond donors (Lipinski definition) is 3. The SMILES string of the molecule is C[C@@H](COc1ccnc2c1[C@H](C)CCC2)CC1Cc2ccc(C(O)CN(C)CCCCc3ccccc3)cc2C12CCC(Nc1cccc(Cl)c1)(C(=O)O)CC2. The number of likely N-dealkylation sites (N-methyl/N-ethyl adjacent to an activating group) is 1. The number of carbonyl (C=O) groups is 1. The van der Waals surface area contributed by atoms with E-state index in [0.717, 1.165) is 74.9 Å². The molecule has 0 bridgehead atoms. The summed E-state index contributed by atoms with van der Waals surface area (Å²) >= 11 is 6.32. The van der Waals surface area contributed by atoms with Gasteiger partial charge >= 0.3 is 5.97 Å². The monoisotopic (exact) mass is 777 g/mol. The molecule has 0 radical (unpaired) electrons. The molecule has 3 aliphatic rings. The second-order valence-electron chi connectivity index (χ2n) is 17.3. The number of nitrogens with zero attached hydrogens (tertiary/aromatic N) is 2. The Bertz CT molecular complexity index is 1940. The summed E-state index contributed by atoms with van der Waals surface area (Å²) in [5.74, 6) is 1.24. The Kier molecular flexibility index (Phi) is 12.7. The number of carboxylic acid groups (broad SMARTS) is 1. The van der Waals surface area contributed by atoms with Crippen molar-refractivity contribution < 1.29 is 19.7 Å². The van der Waals surface area contributed by atoms with Crippen LogP contribution in [0.2, 0.25) is 5.02 Å². The van der Waals surface area contributed by atoms with Gasteiger partial charge in [0.2, 0.25) is 0 Å². The lowest BCUT2D eigenvalue weighted by Gasteiger charge is -2.47. The quantitative estimate of drug-likeness (QED) is 0.0976. The first-order valence-corrected chi connectivity index (χ1v) is 21.3. The number of pyridine rings is 1. The number of aryl methyl sites for hydroxylation is 2. The highest BCUT2D eigenvalue weighted by Crippen LogP contribution is 2.56. The number of benzene rings is 3. The maximum Gasteiger partial charge on any atom is 0.329 e. The fourth-order valence-electron chi connectivity index (χ4n) is 10.2. The highest BCUT2D eigenvalue weighted by Gasteiger charge is 2.54. The minimum Gasteiger partial charge on any atom is -0.493 e. The van der Waals surface area contributed by atoms with Gasteiger partial charge in [0, 0.05) is 34.7 Å². The van der Waals surface area contributed by atoms with Crippen molar-refractivity contribution in [1.29, 1.82) is 0 Å². The summed E-state index contributed by atoms with van der Waals surface area (Å²) in [6.45, 7) is 6.71. The van der Waals surface area contributed by atoms with Gasteiger partial charge in [0.1, 0.15) is 11.3 Å². The summed E-state index contributed by atoms with van der Waals surface area (Å²) in [5, 5.41) is 26.3. The number of halogens is 1. The molecule has 1 aromatic heterocycles. The van der Waals surface area contributed by atoms with E-state index in [-0.39, 0.29) is 5.41 Å². The van der Waals surface area contributed by atoms with Gasteiger partial charge in [0.05, 0.1) is 12.7 Å². The van der Waals surface area contributed by atoms with Crippen LogP contribution in [0, 0.1) is 11.8 Å². The molecule has 2 unspecified atom stereocenters. The molecule has 1 saturated carbocycles. The zero-order valence-corrected chi connectivity index (χ0v) is 34.2. The fraction of sp³-hybridized carbons (Fsp3) is 0.500. The number of carboxylic acids is 1. The van der Waals surface area contributed by atoms with Crippen LogP contribution in [0.4, 0.5) is 5.69 Å². The number of aliphatic carboxylic acids is 1. The second kappa shape index (κ2) is 17.7. The third-order valence-electron chi connectivity index (χ3n) is 13.3.